The van der Waals surface area contributed by atoms with E-state index in [-0.39, 0.29) is 22.3 Å². The highest BCUT2D eigenvalue weighted by molar-refractivity contribution is 6.99. The van der Waals surface area contributed by atoms with Crippen LogP contribution in [0.5, 0.6) is 0 Å². The summed E-state index contributed by atoms with van der Waals surface area (Å²) < 4.78 is 23.4. The van der Waals surface area contributed by atoms with Crippen LogP contribution < -0.4 is 10.4 Å². The molecule has 1 fully saturated rings. The Kier molecular flexibility index (Phi) is 15.4. The van der Waals surface area contributed by atoms with Crippen molar-refractivity contribution in [2.75, 3.05) is 0 Å². The van der Waals surface area contributed by atoms with Gasteiger partial charge in [0.15, 0.2) is 16.6 Å². The summed E-state index contributed by atoms with van der Waals surface area (Å²) >= 11 is 0. The van der Waals surface area contributed by atoms with Crippen molar-refractivity contribution in [3.8, 4) is 0 Å². The molecule has 1 saturated carbocycles. The second-order valence-electron chi connectivity index (χ2n) is 18.9. The molecule has 0 saturated heterocycles. The summed E-state index contributed by atoms with van der Waals surface area (Å²) in [7, 11) is -6.57. The summed E-state index contributed by atoms with van der Waals surface area (Å²) in [5.41, 5.74) is 2.32. The highest BCUT2D eigenvalue weighted by atomic mass is 28.4. The summed E-state index contributed by atoms with van der Waals surface area (Å²) in [5, 5.41) is 2.55. The molecular weight excluding hydrogens is 709 g/mol. The van der Waals surface area contributed by atoms with Gasteiger partial charge in [-0.3, -0.25) is 0 Å². The lowest BCUT2D eigenvalue weighted by Gasteiger charge is -2.58. The lowest BCUT2D eigenvalue weighted by Crippen LogP contribution is -2.67. The third kappa shape index (κ3) is 9.26. The molecule has 2 aromatic rings. The third-order valence-electron chi connectivity index (χ3n) is 14.7. The molecule has 0 radical (unpaired) electrons. The van der Waals surface area contributed by atoms with Gasteiger partial charge in [-0.05, 0) is 136 Å². The van der Waals surface area contributed by atoms with Crippen molar-refractivity contribution < 1.29 is 13.3 Å². The van der Waals surface area contributed by atoms with Crippen LogP contribution in [0, 0.1) is 17.8 Å². The van der Waals surface area contributed by atoms with Crippen LogP contribution in [0.2, 0.25) is 41.3 Å². The fourth-order valence-electron chi connectivity index (χ4n) is 10.8. The van der Waals surface area contributed by atoms with E-state index in [9.17, 15) is 0 Å². The van der Waals surface area contributed by atoms with Crippen molar-refractivity contribution in [3.05, 3.63) is 84.5 Å². The molecule has 2 aromatic carbocycles. The molecule has 0 aliphatic heterocycles. The molecule has 2 aliphatic carbocycles. The van der Waals surface area contributed by atoms with E-state index in [2.05, 4.69) is 163 Å². The molecule has 6 heteroatoms. The molecule has 4 rings (SSSR count). The minimum Gasteiger partial charge on any atom is -0.411 e. The maximum absolute atomic E-state index is 7.93. The monoisotopic (exact) mass is 789 g/mol. The van der Waals surface area contributed by atoms with Crippen LogP contribution in [0.1, 0.15) is 129 Å². The molecule has 0 unspecified atom stereocenters. The van der Waals surface area contributed by atoms with Crippen LogP contribution in [-0.4, -0.2) is 42.3 Å². The van der Waals surface area contributed by atoms with Crippen LogP contribution in [0.4, 0.5) is 0 Å². The van der Waals surface area contributed by atoms with Crippen LogP contribution in [0.15, 0.2) is 84.5 Å². The standard InChI is InChI=1S/C48H80O3Si3/c1-15-52(16-2,17-3)50-47(13)35-33-44(42-37-39(9)31-32-43(42)47)48(14,51-53(18-4,19-5)20-6)36-34-45(38(7)8)49-54(46(10,11)12,40-27-23-21-24-28-40)41-29-25-22-26-30-41/h21-30,37,42-45H,7,15-20,31-36H2,1-6,8-14H3/t42-,43-,44-,45+,47-,48+/m0/s1. The van der Waals surface area contributed by atoms with Gasteiger partial charge in [-0.15, -0.1) is 0 Å². The number of allylic oxidation sites excluding steroid dienone is 2. The van der Waals surface area contributed by atoms with E-state index in [1.165, 1.54) is 41.3 Å². The van der Waals surface area contributed by atoms with Gasteiger partial charge >= 0.3 is 0 Å². The third-order valence-corrected chi connectivity index (χ3v) is 29.3. The van der Waals surface area contributed by atoms with Crippen molar-refractivity contribution in [2.24, 2.45) is 17.8 Å². The summed E-state index contributed by atoms with van der Waals surface area (Å²) in [6.45, 7) is 35.8. The average molecular weight is 789 g/mol. The predicted octanol–water partition coefficient (Wildman–Crippen LogP) is 13.2. The van der Waals surface area contributed by atoms with Crippen LogP contribution in [0.25, 0.3) is 0 Å². The zero-order valence-electron chi connectivity index (χ0n) is 37.1. The first-order valence-electron chi connectivity index (χ1n) is 22.0. The summed E-state index contributed by atoms with van der Waals surface area (Å²) in [5.74, 6) is 1.41. The lowest BCUT2D eigenvalue weighted by molar-refractivity contribution is -0.113. The van der Waals surface area contributed by atoms with Gasteiger partial charge < -0.3 is 13.3 Å². The number of fused-ring (bicyclic) bond motifs is 1. The Morgan fingerprint density at radius 2 is 1.30 bits per heavy atom. The zero-order valence-corrected chi connectivity index (χ0v) is 40.1. The van der Waals surface area contributed by atoms with Gasteiger partial charge in [-0.25, -0.2) is 0 Å². The number of benzene rings is 2. The Bertz CT molecular complexity index is 1450. The molecular formula is C48H80O3Si3. The summed E-state index contributed by atoms with van der Waals surface area (Å²) in [4.78, 5) is 0. The van der Waals surface area contributed by atoms with E-state index in [0.29, 0.717) is 17.8 Å². The molecule has 0 N–H and O–H groups in total. The molecule has 0 amide bonds. The van der Waals surface area contributed by atoms with Gasteiger partial charge in [-0.2, -0.15) is 0 Å². The first-order valence-corrected chi connectivity index (χ1v) is 29.0. The lowest BCUT2D eigenvalue weighted by atomic mass is 9.57. The molecule has 0 spiro atoms. The largest absolute Gasteiger partial charge is 0.411 e. The molecule has 302 valence electrons. The molecule has 0 bridgehead atoms. The minimum atomic E-state index is -2.78. The van der Waals surface area contributed by atoms with Gasteiger partial charge in [0.25, 0.3) is 8.32 Å². The van der Waals surface area contributed by atoms with Crippen molar-refractivity contribution in [1.29, 1.82) is 0 Å². The van der Waals surface area contributed by atoms with Crippen molar-refractivity contribution in [1.82, 2.24) is 0 Å². The molecule has 3 nitrogen and oxygen atoms in total. The van der Waals surface area contributed by atoms with Gasteiger partial charge in [0.2, 0.25) is 0 Å². The highest BCUT2D eigenvalue weighted by Gasteiger charge is 2.56. The molecule has 54 heavy (non-hydrogen) atoms. The van der Waals surface area contributed by atoms with Crippen molar-refractivity contribution in [3.63, 3.8) is 0 Å². The first kappa shape index (κ1) is 45.2. The maximum Gasteiger partial charge on any atom is 0.261 e. The maximum atomic E-state index is 7.93. The number of hydrogen-bond acceptors (Lipinski definition) is 3. The minimum absolute atomic E-state index is 0.0745. The van der Waals surface area contributed by atoms with E-state index < -0.39 is 25.0 Å². The smallest absolute Gasteiger partial charge is 0.261 e. The highest BCUT2D eigenvalue weighted by Crippen LogP contribution is 2.56. The van der Waals surface area contributed by atoms with E-state index in [0.717, 1.165) is 49.4 Å². The Morgan fingerprint density at radius 1 is 0.796 bits per heavy atom. The molecule has 0 heterocycles. The molecule has 6 atom stereocenters. The zero-order chi connectivity index (χ0) is 40.0. The van der Waals surface area contributed by atoms with Gasteiger partial charge in [0.1, 0.15) is 0 Å². The van der Waals surface area contributed by atoms with Gasteiger partial charge in [0, 0.05) is 0 Å². The quantitative estimate of drug-likeness (QED) is 0.105. The second-order valence-corrected chi connectivity index (χ2v) is 32.5. The first-order chi connectivity index (χ1) is 25.5. The molecule has 2 aliphatic rings. The van der Waals surface area contributed by atoms with E-state index in [1.54, 1.807) is 5.57 Å². The van der Waals surface area contributed by atoms with Gasteiger partial charge in [0.05, 0.1) is 17.3 Å². The van der Waals surface area contributed by atoms with Crippen molar-refractivity contribution in [2.45, 2.75) is 187 Å². The van der Waals surface area contributed by atoms with Crippen LogP contribution in [0.3, 0.4) is 0 Å². The Balaban J connectivity index is 1.81. The van der Waals surface area contributed by atoms with Crippen LogP contribution in [-0.2, 0) is 13.3 Å². The Labute approximate surface area is 336 Å². The van der Waals surface area contributed by atoms with Crippen molar-refractivity contribution >= 4 is 35.3 Å². The summed E-state index contributed by atoms with van der Waals surface area (Å²) in [6, 6.07) is 29.3. The number of rotatable bonds is 19. The topological polar surface area (TPSA) is 27.7 Å². The second kappa shape index (κ2) is 18.4. The molecule has 0 aromatic heterocycles. The van der Waals surface area contributed by atoms with Crippen LogP contribution >= 0.6 is 0 Å². The SMILES string of the molecule is C=C(C)[C@@H](CC[C@@](C)(O[Si](CC)(CC)CC)[C@H]1CC[C@](C)(O[Si](CC)(CC)CC)[C@H]2CCC(C)=C[C@H]12)O[Si](c1ccccc1)(c1ccccc1)C(C)(C)C. The Hall–Kier alpha value is -1.55. The normalized spacial score (nSPS) is 24.3. The summed E-state index contributed by atoms with van der Waals surface area (Å²) in [6.07, 6.45) is 9.16. The van der Waals surface area contributed by atoms with E-state index >= 15 is 0 Å². The fraction of sp³-hybridized carbons (Fsp3) is 0.667. The fourth-order valence-corrected chi connectivity index (χ4v) is 21.9. The number of hydrogen-bond donors (Lipinski definition) is 0. The Morgan fingerprint density at radius 3 is 1.74 bits per heavy atom. The average Bonchev–Trinajstić information content (AvgIpc) is 3.16. The predicted molar refractivity (Wildman–Crippen MR) is 243 cm³/mol. The van der Waals surface area contributed by atoms with Gasteiger partial charge in [-0.1, -0.05) is 147 Å². The van der Waals surface area contributed by atoms with E-state index in [4.69, 9.17) is 13.3 Å². The van der Waals surface area contributed by atoms with E-state index in [1.807, 2.05) is 0 Å².